The minimum absolute atomic E-state index is 0.0926. The fourth-order valence-corrected chi connectivity index (χ4v) is 1.92. The predicted molar refractivity (Wildman–Crippen MR) is 82.0 cm³/mol. The molecule has 0 saturated heterocycles. The average molecular weight is 310 g/mol. The van der Waals surface area contributed by atoms with Crippen molar-refractivity contribution in [3.05, 3.63) is 65.8 Å². The molecule has 0 radical (unpaired) electrons. The maximum Gasteiger partial charge on any atom is 0.331 e. The van der Waals surface area contributed by atoms with Crippen molar-refractivity contribution in [2.75, 3.05) is 0 Å². The summed E-state index contributed by atoms with van der Waals surface area (Å²) in [5, 5.41) is 7.62. The third-order valence-corrected chi connectivity index (χ3v) is 3.12. The van der Waals surface area contributed by atoms with Gasteiger partial charge < -0.3 is 13.6 Å². The lowest BCUT2D eigenvalue weighted by Crippen LogP contribution is -2.01. The quantitative estimate of drug-likeness (QED) is 0.531. The molecule has 23 heavy (non-hydrogen) atoms. The van der Waals surface area contributed by atoms with E-state index in [0.717, 1.165) is 11.1 Å². The number of aromatic nitrogens is 2. The molecule has 6 nitrogen and oxygen atoms in total. The first kappa shape index (κ1) is 14.8. The molecule has 0 saturated carbocycles. The zero-order chi connectivity index (χ0) is 16.1. The van der Waals surface area contributed by atoms with Crippen LogP contribution in [0.4, 0.5) is 0 Å². The molecule has 0 amide bonds. The van der Waals surface area contributed by atoms with Crippen molar-refractivity contribution in [3.63, 3.8) is 0 Å². The molecule has 116 valence electrons. The lowest BCUT2D eigenvalue weighted by Gasteiger charge is -1.99. The molecule has 0 bridgehead atoms. The van der Waals surface area contributed by atoms with E-state index in [0.29, 0.717) is 5.76 Å². The number of nitrogens with zero attached hydrogens (tertiary/aromatic N) is 2. The van der Waals surface area contributed by atoms with Gasteiger partial charge in [-0.3, -0.25) is 0 Å². The van der Waals surface area contributed by atoms with Gasteiger partial charge in [-0.2, -0.15) is 0 Å². The van der Waals surface area contributed by atoms with Crippen LogP contribution in [0.2, 0.25) is 0 Å². The Morgan fingerprint density at radius 2 is 2.09 bits per heavy atom. The molecule has 6 heteroatoms. The van der Waals surface area contributed by atoms with Gasteiger partial charge in [-0.25, -0.2) is 4.79 Å². The summed E-state index contributed by atoms with van der Waals surface area (Å²) in [4.78, 5) is 11.7. The number of aryl methyl sites for hydroxylation is 1. The Labute approximate surface area is 132 Å². The topological polar surface area (TPSA) is 78.4 Å². The molecule has 0 aliphatic carbocycles. The van der Waals surface area contributed by atoms with Crippen LogP contribution in [0.15, 0.2) is 57.6 Å². The van der Waals surface area contributed by atoms with Crippen LogP contribution in [0.5, 0.6) is 0 Å². The normalized spacial score (nSPS) is 11.0. The third-order valence-electron chi connectivity index (χ3n) is 3.12. The molecule has 2 aromatic heterocycles. The standard InChI is InChI=1S/C17H14N2O4/c1-12-5-2-3-6-13(12)8-9-16(20)22-11-15-18-19-17(23-15)14-7-4-10-21-14/h2-10H,11H2,1H3/b9-8+. The molecule has 0 aliphatic rings. The molecule has 3 aromatic rings. The lowest BCUT2D eigenvalue weighted by molar-refractivity contribution is -0.139. The van der Waals surface area contributed by atoms with Crippen LogP contribution in [0.25, 0.3) is 17.7 Å². The van der Waals surface area contributed by atoms with Gasteiger partial charge in [-0.1, -0.05) is 24.3 Å². The first-order valence-corrected chi connectivity index (χ1v) is 6.99. The van der Waals surface area contributed by atoms with Gasteiger partial charge in [-0.05, 0) is 36.3 Å². The van der Waals surface area contributed by atoms with Crippen molar-refractivity contribution in [1.29, 1.82) is 0 Å². The summed E-state index contributed by atoms with van der Waals surface area (Å²) in [6, 6.07) is 11.2. The highest BCUT2D eigenvalue weighted by molar-refractivity contribution is 5.87. The van der Waals surface area contributed by atoms with Crippen molar-refractivity contribution in [2.45, 2.75) is 13.5 Å². The van der Waals surface area contributed by atoms with E-state index in [1.54, 1.807) is 18.2 Å². The monoisotopic (exact) mass is 310 g/mol. The molecule has 2 heterocycles. The van der Waals surface area contributed by atoms with E-state index in [-0.39, 0.29) is 18.4 Å². The Hall–Kier alpha value is -3.15. The first-order chi connectivity index (χ1) is 11.2. The Morgan fingerprint density at radius 3 is 2.87 bits per heavy atom. The second-order valence-corrected chi connectivity index (χ2v) is 4.78. The number of hydrogen-bond acceptors (Lipinski definition) is 6. The van der Waals surface area contributed by atoms with E-state index in [1.807, 2.05) is 31.2 Å². The highest BCUT2D eigenvalue weighted by atomic mass is 16.5. The molecule has 0 fully saturated rings. The molecule has 0 atom stereocenters. The van der Waals surface area contributed by atoms with Crippen molar-refractivity contribution in [3.8, 4) is 11.7 Å². The second-order valence-electron chi connectivity index (χ2n) is 4.78. The van der Waals surface area contributed by atoms with Crippen molar-refractivity contribution in [2.24, 2.45) is 0 Å². The summed E-state index contributed by atoms with van der Waals surface area (Å²) in [7, 11) is 0. The zero-order valence-electron chi connectivity index (χ0n) is 12.4. The fourth-order valence-electron chi connectivity index (χ4n) is 1.92. The molecule has 1 aromatic carbocycles. The molecular formula is C17H14N2O4. The van der Waals surface area contributed by atoms with Gasteiger partial charge in [0, 0.05) is 6.08 Å². The maximum absolute atomic E-state index is 11.7. The van der Waals surface area contributed by atoms with Crippen LogP contribution in [0.3, 0.4) is 0 Å². The second kappa shape index (κ2) is 6.74. The molecule has 3 rings (SSSR count). The summed E-state index contributed by atoms with van der Waals surface area (Å²) in [6.07, 6.45) is 4.58. The predicted octanol–water partition coefficient (Wildman–Crippen LogP) is 3.39. The Balaban J connectivity index is 1.56. The summed E-state index contributed by atoms with van der Waals surface area (Å²) in [5.74, 6) is 0.436. The summed E-state index contributed by atoms with van der Waals surface area (Å²) in [5.41, 5.74) is 2.04. The first-order valence-electron chi connectivity index (χ1n) is 6.99. The van der Waals surface area contributed by atoms with Crippen LogP contribution < -0.4 is 0 Å². The van der Waals surface area contributed by atoms with Gasteiger partial charge in [0.05, 0.1) is 6.26 Å². The number of carbonyl (C=O) groups excluding carboxylic acids is 1. The zero-order valence-corrected chi connectivity index (χ0v) is 12.4. The van der Waals surface area contributed by atoms with Crippen LogP contribution in [-0.4, -0.2) is 16.2 Å². The number of benzene rings is 1. The van der Waals surface area contributed by atoms with Crippen molar-refractivity contribution >= 4 is 12.0 Å². The highest BCUT2D eigenvalue weighted by Gasteiger charge is 2.11. The smallest absolute Gasteiger partial charge is 0.331 e. The van der Waals surface area contributed by atoms with Gasteiger partial charge in [-0.15, -0.1) is 10.2 Å². The SMILES string of the molecule is Cc1ccccc1/C=C/C(=O)OCc1nnc(-c2ccco2)o1. The van der Waals surface area contributed by atoms with Crippen LogP contribution in [-0.2, 0) is 16.1 Å². The lowest BCUT2D eigenvalue weighted by atomic mass is 10.1. The average Bonchev–Trinajstić information content (AvgIpc) is 3.23. The summed E-state index contributed by atoms with van der Waals surface area (Å²) in [6.45, 7) is 1.88. The fraction of sp³-hybridized carbons (Fsp3) is 0.118. The van der Waals surface area contributed by atoms with E-state index >= 15 is 0 Å². The molecule has 0 spiro atoms. The molecule has 0 unspecified atom stereocenters. The minimum Gasteiger partial charge on any atom is -0.459 e. The van der Waals surface area contributed by atoms with E-state index < -0.39 is 5.97 Å². The largest absolute Gasteiger partial charge is 0.459 e. The molecule has 0 aliphatic heterocycles. The van der Waals surface area contributed by atoms with E-state index in [4.69, 9.17) is 13.6 Å². The van der Waals surface area contributed by atoms with Gasteiger partial charge in [0.15, 0.2) is 12.4 Å². The maximum atomic E-state index is 11.7. The third kappa shape index (κ3) is 3.74. The Morgan fingerprint density at radius 1 is 1.22 bits per heavy atom. The number of furan rings is 1. The minimum atomic E-state index is -0.481. The summed E-state index contributed by atoms with van der Waals surface area (Å²) < 4.78 is 15.6. The molecular weight excluding hydrogens is 296 g/mol. The number of carbonyl (C=O) groups is 1. The van der Waals surface area contributed by atoms with Crippen LogP contribution in [0.1, 0.15) is 17.0 Å². The van der Waals surface area contributed by atoms with Gasteiger partial charge in [0.25, 0.3) is 11.8 Å². The Kier molecular flexibility index (Phi) is 4.33. The van der Waals surface area contributed by atoms with Crippen LogP contribution in [0, 0.1) is 6.92 Å². The molecule has 0 N–H and O–H groups in total. The Bertz CT molecular complexity index is 819. The van der Waals surface area contributed by atoms with E-state index in [2.05, 4.69) is 10.2 Å². The number of ether oxygens (including phenoxy) is 1. The number of rotatable bonds is 5. The van der Waals surface area contributed by atoms with E-state index in [1.165, 1.54) is 12.3 Å². The van der Waals surface area contributed by atoms with Crippen LogP contribution >= 0.6 is 0 Å². The number of hydrogen-bond donors (Lipinski definition) is 0. The van der Waals surface area contributed by atoms with Crippen molar-refractivity contribution < 1.29 is 18.4 Å². The van der Waals surface area contributed by atoms with Gasteiger partial charge >= 0.3 is 5.97 Å². The van der Waals surface area contributed by atoms with Gasteiger partial charge in [0.1, 0.15) is 0 Å². The van der Waals surface area contributed by atoms with Gasteiger partial charge in [0.2, 0.25) is 0 Å². The van der Waals surface area contributed by atoms with E-state index in [9.17, 15) is 4.79 Å². The highest BCUT2D eigenvalue weighted by Crippen LogP contribution is 2.18. The number of esters is 1. The summed E-state index contributed by atoms with van der Waals surface area (Å²) >= 11 is 0. The van der Waals surface area contributed by atoms with Crippen molar-refractivity contribution in [1.82, 2.24) is 10.2 Å².